The second-order valence-corrected chi connectivity index (χ2v) is 11.1. The molecule has 170 valence electrons. The first-order valence-electron chi connectivity index (χ1n) is 9.54. The summed E-state index contributed by atoms with van der Waals surface area (Å²) in [6.07, 6.45) is -0.379. The lowest BCUT2D eigenvalue weighted by atomic mass is 10.2. The molecule has 1 saturated heterocycles. The van der Waals surface area contributed by atoms with Crippen LogP contribution in [0.2, 0.25) is 5.02 Å². The smallest absolute Gasteiger partial charge is 0.430 e. The van der Waals surface area contributed by atoms with Crippen LogP contribution in [-0.4, -0.2) is 43.7 Å². The summed E-state index contributed by atoms with van der Waals surface area (Å²) in [7, 11) is -4.70. The van der Waals surface area contributed by atoms with E-state index in [1.807, 2.05) is 6.92 Å². The van der Waals surface area contributed by atoms with Gasteiger partial charge in [-0.3, -0.25) is 0 Å². The Hall–Kier alpha value is -1.95. The molecule has 0 saturated carbocycles. The van der Waals surface area contributed by atoms with Gasteiger partial charge in [-0.15, -0.1) is 15.6 Å². The van der Waals surface area contributed by atoms with Gasteiger partial charge in [-0.1, -0.05) is 11.6 Å². The van der Waals surface area contributed by atoms with E-state index in [4.69, 9.17) is 16.3 Å². The van der Waals surface area contributed by atoms with Crippen molar-refractivity contribution in [2.75, 3.05) is 16.2 Å². The molecule has 2 atom stereocenters. The normalized spacial score (nSPS) is 19.3. The second kappa shape index (κ2) is 8.89. The minimum absolute atomic E-state index is 0.0157. The first-order valence-corrected chi connectivity index (χ1v) is 12.3. The largest absolute Gasteiger partial charge is 0.443 e. The Morgan fingerprint density at radius 3 is 2.68 bits per heavy atom. The van der Waals surface area contributed by atoms with E-state index >= 15 is 0 Å². The number of hydrogen-bond donors (Lipinski definition) is 2. The van der Waals surface area contributed by atoms with Gasteiger partial charge in [0, 0.05) is 24.0 Å². The molecule has 8 nitrogen and oxygen atoms in total. The molecule has 1 aromatic carbocycles. The Morgan fingerprint density at radius 1 is 1.42 bits per heavy atom. The lowest BCUT2D eigenvalue weighted by molar-refractivity contribution is 0.0608. The first-order chi connectivity index (χ1) is 14.4. The molecule has 31 heavy (non-hydrogen) atoms. The van der Waals surface area contributed by atoms with E-state index in [0.717, 1.165) is 29.9 Å². The van der Waals surface area contributed by atoms with Crippen molar-refractivity contribution in [1.82, 2.24) is 10.3 Å². The number of sulfonamides is 1. The molecule has 2 N–H and O–H groups in total. The lowest BCUT2D eigenvalue weighted by Gasteiger charge is -2.26. The lowest BCUT2D eigenvalue weighted by Crippen LogP contribution is -2.41. The van der Waals surface area contributed by atoms with Crippen LogP contribution in [-0.2, 0) is 14.8 Å². The van der Waals surface area contributed by atoms with Crippen LogP contribution in [0.1, 0.15) is 34.1 Å². The quantitative estimate of drug-likeness (QED) is 0.646. The van der Waals surface area contributed by atoms with E-state index in [1.54, 1.807) is 20.8 Å². The number of aromatic nitrogens is 1. The standard InChI is InChI=1S/C19H24ClFN4O4S2/c1-11-5-12(8-22-11)24-15-7-14(21)16(6-13(15)20)31(27,28)25(17-9-30-10-23-17)18(26)29-19(2,3)4/h6-7,9-12,22,24H,5,8H2,1-4H3/t11-,12-/m0/s1. The van der Waals surface area contributed by atoms with Crippen LogP contribution < -0.4 is 14.9 Å². The number of nitrogens with zero attached hydrogens (tertiary/aromatic N) is 2. The van der Waals surface area contributed by atoms with Crippen molar-refractivity contribution in [3.05, 3.63) is 33.9 Å². The summed E-state index contributed by atoms with van der Waals surface area (Å²) in [6, 6.07) is 2.35. The highest BCUT2D eigenvalue weighted by molar-refractivity contribution is 7.93. The van der Waals surface area contributed by atoms with Crippen LogP contribution in [0.4, 0.5) is 20.7 Å². The van der Waals surface area contributed by atoms with E-state index in [-0.39, 0.29) is 22.6 Å². The molecule has 3 rings (SSSR count). The van der Waals surface area contributed by atoms with Crippen LogP contribution in [0.3, 0.4) is 0 Å². The van der Waals surface area contributed by atoms with E-state index in [9.17, 15) is 17.6 Å². The van der Waals surface area contributed by atoms with Crippen molar-refractivity contribution >= 4 is 50.6 Å². The molecule has 0 radical (unpaired) electrons. The Balaban J connectivity index is 1.98. The van der Waals surface area contributed by atoms with E-state index in [2.05, 4.69) is 15.6 Å². The predicted molar refractivity (Wildman–Crippen MR) is 119 cm³/mol. The van der Waals surface area contributed by atoms with Crippen molar-refractivity contribution < 1.29 is 22.3 Å². The van der Waals surface area contributed by atoms with Crippen molar-refractivity contribution in [2.24, 2.45) is 0 Å². The highest BCUT2D eigenvalue weighted by Crippen LogP contribution is 2.33. The Kier molecular flexibility index (Phi) is 6.80. The highest BCUT2D eigenvalue weighted by Gasteiger charge is 2.38. The van der Waals surface area contributed by atoms with Crippen molar-refractivity contribution in [1.29, 1.82) is 0 Å². The maximum Gasteiger partial charge on any atom is 0.430 e. The van der Waals surface area contributed by atoms with Gasteiger partial charge in [0.1, 0.15) is 16.3 Å². The molecule has 1 fully saturated rings. The van der Waals surface area contributed by atoms with Gasteiger partial charge >= 0.3 is 6.09 Å². The molecule has 2 aromatic rings. The number of thiazole rings is 1. The zero-order valence-electron chi connectivity index (χ0n) is 17.5. The predicted octanol–water partition coefficient (Wildman–Crippen LogP) is 4.23. The molecule has 1 amide bonds. The molecule has 1 aliphatic rings. The van der Waals surface area contributed by atoms with Gasteiger partial charge in [0.15, 0.2) is 5.82 Å². The van der Waals surface area contributed by atoms with Gasteiger partial charge in [-0.25, -0.2) is 22.6 Å². The number of amides is 1. The van der Waals surface area contributed by atoms with Crippen molar-refractivity contribution in [3.8, 4) is 0 Å². The topological polar surface area (TPSA) is 101 Å². The average Bonchev–Trinajstić information content (AvgIpc) is 3.28. The summed E-state index contributed by atoms with van der Waals surface area (Å²) in [5, 5.41) is 7.75. The van der Waals surface area contributed by atoms with Gasteiger partial charge in [-0.2, -0.15) is 0 Å². The molecule has 1 aliphatic heterocycles. The molecular formula is C19H24ClFN4O4S2. The monoisotopic (exact) mass is 490 g/mol. The minimum Gasteiger partial charge on any atom is -0.443 e. The molecule has 2 heterocycles. The van der Waals surface area contributed by atoms with E-state index < -0.39 is 32.4 Å². The molecule has 0 bridgehead atoms. The number of carbonyl (C=O) groups excluding carboxylic acids is 1. The fraction of sp³-hybridized carbons (Fsp3) is 0.474. The Labute approximate surface area is 189 Å². The van der Waals surface area contributed by atoms with Gasteiger partial charge < -0.3 is 15.4 Å². The third-order valence-corrected chi connectivity index (χ3v) is 7.01. The number of anilines is 2. The minimum atomic E-state index is -4.70. The summed E-state index contributed by atoms with van der Waals surface area (Å²) in [5.74, 6) is -1.24. The number of halogens is 2. The molecule has 12 heteroatoms. The van der Waals surface area contributed by atoms with Gasteiger partial charge in [-0.05, 0) is 46.2 Å². The van der Waals surface area contributed by atoms with Gasteiger partial charge in [0.2, 0.25) is 0 Å². The van der Waals surface area contributed by atoms with Gasteiger partial charge in [0.25, 0.3) is 10.0 Å². The summed E-state index contributed by atoms with van der Waals surface area (Å²) in [6.45, 7) is 7.48. The Morgan fingerprint density at radius 2 is 2.13 bits per heavy atom. The number of nitrogens with one attached hydrogen (secondary N) is 2. The molecule has 0 aliphatic carbocycles. The number of benzene rings is 1. The zero-order valence-corrected chi connectivity index (χ0v) is 19.9. The number of hydrogen-bond acceptors (Lipinski definition) is 8. The fourth-order valence-electron chi connectivity index (χ4n) is 3.13. The molecule has 1 aromatic heterocycles. The second-order valence-electron chi connectivity index (χ2n) is 8.25. The van der Waals surface area contributed by atoms with Crippen LogP contribution in [0, 0.1) is 5.82 Å². The summed E-state index contributed by atoms with van der Waals surface area (Å²) in [5.41, 5.74) is 0.656. The van der Waals surface area contributed by atoms with Crippen LogP contribution in [0.25, 0.3) is 0 Å². The fourth-order valence-corrected chi connectivity index (χ4v) is 5.34. The summed E-state index contributed by atoms with van der Waals surface area (Å²) >= 11 is 7.36. The van der Waals surface area contributed by atoms with Gasteiger partial charge in [0.05, 0.1) is 16.2 Å². The van der Waals surface area contributed by atoms with E-state index in [1.165, 1.54) is 10.9 Å². The first kappa shape index (κ1) is 23.7. The summed E-state index contributed by atoms with van der Waals surface area (Å²) in [4.78, 5) is 15.9. The average molecular weight is 491 g/mol. The van der Waals surface area contributed by atoms with Crippen LogP contribution >= 0.6 is 22.9 Å². The van der Waals surface area contributed by atoms with Crippen LogP contribution in [0.5, 0.6) is 0 Å². The number of carbonyl (C=O) groups is 1. The number of rotatable bonds is 5. The molecule has 0 unspecified atom stereocenters. The third kappa shape index (κ3) is 5.46. The SMILES string of the molecule is C[C@H]1C[C@H](Nc2cc(F)c(S(=O)(=O)N(C(=O)OC(C)(C)C)c3cscn3)cc2Cl)CN1. The Bertz CT molecular complexity index is 1060. The van der Waals surface area contributed by atoms with E-state index in [0.29, 0.717) is 16.9 Å². The summed E-state index contributed by atoms with van der Waals surface area (Å²) < 4.78 is 47.1. The third-order valence-electron chi connectivity index (χ3n) is 4.44. The van der Waals surface area contributed by atoms with Crippen molar-refractivity contribution in [2.45, 2.75) is 56.7 Å². The molecule has 0 spiro atoms. The zero-order chi connectivity index (χ0) is 23.0. The maximum absolute atomic E-state index is 15.0. The maximum atomic E-state index is 15.0. The van der Waals surface area contributed by atoms with Crippen molar-refractivity contribution in [3.63, 3.8) is 0 Å². The molecular weight excluding hydrogens is 467 g/mol. The van der Waals surface area contributed by atoms with Crippen LogP contribution in [0.15, 0.2) is 27.9 Å². The highest BCUT2D eigenvalue weighted by atomic mass is 35.5. The number of ether oxygens (including phenoxy) is 1.